The zero-order valence-electron chi connectivity index (χ0n) is 13.8. The summed E-state index contributed by atoms with van der Waals surface area (Å²) >= 11 is 0. The van der Waals surface area contributed by atoms with Crippen molar-refractivity contribution >= 4 is 0 Å². The first-order valence-corrected chi connectivity index (χ1v) is 7.77. The lowest BCUT2D eigenvalue weighted by Gasteiger charge is -2.15. The maximum Gasteiger partial charge on any atom is -0.0443 e. The Hall–Kier alpha value is 0. The van der Waals surface area contributed by atoms with Crippen LogP contribution in [0.3, 0.4) is 0 Å². The fourth-order valence-electron chi connectivity index (χ4n) is 1.31. The molecule has 1 aliphatic rings. The molecule has 0 N–H and O–H groups in total. The molecule has 0 bridgehead atoms. The summed E-state index contributed by atoms with van der Waals surface area (Å²) in [5.74, 6) is 3.57. The molecule has 1 rings (SSSR count). The van der Waals surface area contributed by atoms with E-state index in [-0.39, 0.29) is 0 Å². The summed E-state index contributed by atoms with van der Waals surface area (Å²) in [7, 11) is 0. The Morgan fingerprint density at radius 1 is 0.647 bits per heavy atom. The minimum Gasteiger partial charge on any atom is -0.0630 e. The van der Waals surface area contributed by atoms with Crippen molar-refractivity contribution in [1.29, 1.82) is 0 Å². The van der Waals surface area contributed by atoms with Crippen molar-refractivity contribution < 1.29 is 0 Å². The number of hydrogen-bond acceptors (Lipinski definition) is 0. The highest BCUT2D eigenvalue weighted by Crippen LogP contribution is 2.22. The minimum absolute atomic E-state index is 0.833. The molecule has 0 saturated heterocycles. The highest BCUT2D eigenvalue weighted by molar-refractivity contribution is 4.59. The van der Waals surface area contributed by atoms with Gasteiger partial charge in [-0.3, -0.25) is 0 Å². The van der Waals surface area contributed by atoms with Crippen molar-refractivity contribution in [2.45, 2.75) is 87.5 Å². The molecule has 1 fully saturated rings. The molecule has 0 atom stereocenters. The number of rotatable bonds is 1. The van der Waals surface area contributed by atoms with Gasteiger partial charge in [-0.1, -0.05) is 87.5 Å². The summed E-state index contributed by atoms with van der Waals surface area (Å²) in [6.45, 7) is 17.8. The molecule has 0 unspecified atom stereocenters. The highest BCUT2D eigenvalue weighted by atomic mass is 14.1. The van der Waals surface area contributed by atoms with E-state index >= 15 is 0 Å². The van der Waals surface area contributed by atoms with Crippen LogP contribution in [0.4, 0.5) is 0 Å². The van der Waals surface area contributed by atoms with E-state index in [1.54, 1.807) is 0 Å². The summed E-state index contributed by atoms with van der Waals surface area (Å²) in [6.07, 6.45) is 7.44. The van der Waals surface area contributed by atoms with E-state index in [4.69, 9.17) is 0 Å². The molecule has 0 amide bonds. The second kappa shape index (κ2) is 12.5. The molecule has 0 heteroatoms. The first kappa shape index (κ1) is 19.3. The lowest BCUT2D eigenvalue weighted by molar-refractivity contribution is 0.385. The van der Waals surface area contributed by atoms with E-state index < -0.39 is 0 Å². The van der Waals surface area contributed by atoms with Gasteiger partial charge in [0.25, 0.3) is 0 Å². The standard InChI is InChI=1S/C7H14.C6H14.C4H10/c1-7-5-3-2-4-6-7;1-5(2)6(3)4;1-4(2)3/h7H,2-6H2,1H3;5-6H,1-4H3;4H,1-3H3. The molecular formula is C17H38. The third kappa shape index (κ3) is 21.8. The first-order valence-electron chi connectivity index (χ1n) is 7.77. The van der Waals surface area contributed by atoms with Gasteiger partial charge in [0.05, 0.1) is 0 Å². The van der Waals surface area contributed by atoms with Crippen LogP contribution in [-0.2, 0) is 0 Å². The molecule has 17 heavy (non-hydrogen) atoms. The molecule has 0 aromatic rings. The summed E-state index contributed by atoms with van der Waals surface area (Å²) in [5.41, 5.74) is 0. The third-order valence-corrected chi connectivity index (χ3v) is 3.23. The summed E-state index contributed by atoms with van der Waals surface area (Å²) in [4.78, 5) is 0. The van der Waals surface area contributed by atoms with Crippen molar-refractivity contribution in [1.82, 2.24) is 0 Å². The van der Waals surface area contributed by atoms with Crippen LogP contribution < -0.4 is 0 Å². The average molecular weight is 242 g/mol. The smallest absolute Gasteiger partial charge is 0.0443 e. The van der Waals surface area contributed by atoms with Crippen LogP contribution in [0.2, 0.25) is 0 Å². The van der Waals surface area contributed by atoms with Gasteiger partial charge >= 0.3 is 0 Å². The molecule has 0 aromatic carbocycles. The molecular weight excluding hydrogens is 204 g/mol. The van der Waals surface area contributed by atoms with Gasteiger partial charge in [-0.2, -0.15) is 0 Å². The van der Waals surface area contributed by atoms with Crippen LogP contribution in [0.25, 0.3) is 0 Å². The van der Waals surface area contributed by atoms with Gasteiger partial charge < -0.3 is 0 Å². The van der Waals surface area contributed by atoms with Gasteiger partial charge in [-0.15, -0.1) is 0 Å². The maximum absolute atomic E-state index is 2.36. The molecule has 106 valence electrons. The van der Waals surface area contributed by atoms with E-state index in [2.05, 4.69) is 55.4 Å². The molecule has 0 aliphatic heterocycles. The molecule has 0 heterocycles. The van der Waals surface area contributed by atoms with Crippen molar-refractivity contribution in [3.05, 3.63) is 0 Å². The van der Waals surface area contributed by atoms with Crippen LogP contribution in [0.5, 0.6) is 0 Å². The van der Waals surface area contributed by atoms with Gasteiger partial charge in [0, 0.05) is 0 Å². The number of hydrogen-bond donors (Lipinski definition) is 0. The van der Waals surface area contributed by atoms with Crippen molar-refractivity contribution in [2.24, 2.45) is 23.7 Å². The zero-order chi connectivity index (χ0) is 13.8. The Morgan fingerprint density at radius 3 is 1.06 bits per heavy atom. The van der Waals surface area contributed by atoms with Gasteiger partial charge in [0.15, 0.2) is 0 Å². The Balaban J connectivity index is 0. The van der Waals surface area contributed by atoms with Gasteiger partial charge in [-0.25, -0.2) is 0 Å². The molecule has 0 aromatic heterocycles. The van der Waals surface area contributed by atoms with Crippen LogP contribution in [0.15, 0.2) is 0 Å². The molecule has 0 spiro atoms. The molecule has 0 nitrogen and oxygen atoms in total. The fraction of sp³-hybridized carbons (Fsp3) is 1.00. The Kier molecular flexibility index (Phi) is 14.2. The summed E-state index contributed by atoms with van der Waals surface area (Å²) < 4.78 is 0. The quantitative estimate of drug-likeness (QED) is 0.489. The largest absolute Gasteiger partial charge is 0.0630 e. The Morgan fingerprint density at radius 2 is 0.941 bits per heavy atom. The fourth-order valence-corrected chi connectivity index (χ4v) is 1.31. The highest BCUT2D eigenvalue weighted by Gasteiger charge is 2.05. The van der Waals surface area contributed by atoms with Gasteiger partial charge in [0.1, 0.15) is 0 Å². The van der Waals surface area contributed by atoms with Gasteiger partial charge in [-0.05, 0) is 23.7 Å². The minimum atomic E-state index is 0.833. The first-order chi connectivity index (χ1) is 7.77. The second-order valence-corrected chi connectivity index (χ2v) is 6.96. The van der Waals surface area contributed by atoms with E-state index in [9.17, 15) is 0 Å². The van der Waals surface area contributed by atoms with E-state index in [1.165, 1.54) is 32.1 Å². The summed E-state index contributed by atoms with van der Waals surface area (Å²) in [6, 6.07) is 0. The van der Waals surface area contributed by atoms with Crippen molar-refractivity contribution in [3.63, 3.8) is 0 Å². The molecule has 0 radical (unpaired) electrons. The zero-order valence-corrected chi connectivity index (χ0v) is 13.8. The topological polar surface area (TPSA) is 0 Å². The lowest BCUT2D eigenvalue weighted by atomic mass is 9.91. The van der Waals surface area contributed by atoms with Crippen LogP contribution in [0, 0.1) is 23.7 Å². The lowest BCUT2D eigenvalue weighted by Crippen LogP contribution is -1.99. The average Bonchev–Trinajstić information content (AvgIpc) is 2.18. The normalized spacial score (nSPS) is 16.4. The molecule has 1 saturated carbocycles. The SMILES string of the molecule is CC(C)C.CC(C)C(C)C.CC1CCCCC1. The Labute approximate surface area is 112 Å². The maximum atomic E-state index is 2.36. The van der Waals surface area contributed by atoms with Gasteiger partial charge in [0.2, 0.25) is 0 Å². The third-order valence-electron chi connectivity index (χ3n) is 3.23. The van der Waals surface area contributed by atoms with Crippen LogP contribution >= 0.6 is 0 Å². The predicted molar refractivity (Wildman–Crippen MR) is 82.4 cm³/mol. The predicted octanol–water partition coefficient (Wildman–Crippen LogP) is 6.55. The monoisotopic (exact) mass is 242 g/mol. The van der Waals surface area contributed by atoms with Crippen LogP contribution in [-0.4, -0.2) is 0 Å². The van der Waals surface area contributed by atoms with E-state index in [0.717, 1.165) is 23.7 Å². The molecule has 1 aliphatic carbocycles. The second-order valence-electron chi connectivity index (χ2n) is 6.96. The van der Waals surface area contributed by atoms with E-state index in [1.807, 2.05) is 0 Å². The summed E-state index contributed by atoms with van der Waals surface area (Å²) in [5, 5.41) is 0. The van der Waals surface area contributed by atoms with Crippen LogP contribution in [0.1, 0.15) is 87.5 Å². The van der Waals surface area contributed by atoms with Crippen molar-refractivity contribution in [2.75, 3.05) is 0 Å². The van der Waals surface area contributed by atoms with E-state index in [0.29, 0.717) is 0 Å². The van der Waals surface area contributed by atoms with Crippen molar-refractivity contribution in [3.8, 4) is 0 Å². The Bertz CT molecular complexity index is 118.